The minimum atomic E-state index is -0.145. The molecule has 0 aliphatic carbocycles. The van der Waals surface area contributed by atoms with Crippen molar-refractivity contribution in [1.29, 1.82) is 0 Å². The Hall–Kier alpha value is -1.25. The van der Waals surface area contributed by atoms with Crippen LogP contribution in [0.1, 0.15) is 13.3 Å². The molecule has 0 aromatic rings. The highest BCUT2D eigenvalue weighted by atomic mass is 32.1. The van der Waals surface area contributed by atoms with E-state index < -0.39 is 0 Å². The van der Waals surface area contributed by atoms with E-state index in [9.17, 15) is 4.79 Å². The van der Waals surface area contributed by atoms with Gasteiger partial charge in [-0.1, -0.05) is 0 Å². The lowest BCUT2D eigenvalue weighted by Gasteiger charge is -2.17. The predicted molar refractivity (Wildman–Crippen MR) is 79.1 cm³/mol. The Balaban J connectivity index is 1.86. The molecule has 0 atom stereocenters. The molecule has 1 fully saturated rings. The van der Waals surface area contributed by atoms with E-state index in [2.05, 4.69) is 10.6 Å². The molecule has 2 N–H and O–H groups in total. The second-order valence-corrected chi connectivity index (χ2v) is 5.22. The summed E-state index contributed by atoms with van der Waals surface area (Å²) in [6.07, 6.45) is 0.282. The Bertz CT molecular complexity index is 464. The highest BCUT2D eigenvalue weighted by Gasteiger charge is 2.24. The van der Waals surface area contributed by atoms with Crippen molar-refractivity contribution in [2.45, 2.75) is 13.3 Å². The third-order valence-electron chi connectivity index (χ3n) is 2.93. The number of hydrogen-bond donors (Lipinski definition) is 2. The largest absolute Gasteiger partial charge is 0.411 e. The van der Waals surface area contributed by atoms with Crippen LogP contribution in [0.4, 0.5) is 0 Å². The maximum atomic E-state index is 11.9. The number of likely N-dealkylation sites (N-methyl/N-ethyl adjacent to an activating group) is 1. The van der Waals surface area contributed by atoms with Gasteiger partial charge in [0.05, 0.1) is 13.0 Å². The molecule has 6 nitrogen and oxygen atoms in total. The molecule has 19 heavy (non-hydrogen) atoms. The Morgan fingerprint density at radius 3 is 2.84 bits per heavy atom. The fourth-order valence-electron chi connectivity index (χ4n) is 1.98. The number of nitrogens with zero attached hydrogens (tertiary/aromatic N) is 2. The van der Waals surface area contributed by atoms with Crippen LogP contribution in [0.2, 0.25) is 0 Å². The quantitative estimate of drug-likeness (QED) is 0.703. The molecule has 0 spiro atoms. The van der Waals surface area contributed by atoms with Gasteiger partial charge in [-0.25, -0.2) is 0 Å². The summed E-state index contributed by atoms with van der Waals surface area (Å²) >= 11 is 10.3. The van der Waals surface area contributed by atoms with E-state index in [1.165, 1.54) is 0 Å². The third-order valence-corrected chi connectivity index (χ3v) is 3.61. The minimum absolute atomic E-state index is 0.145. The first-order valence-electron chi connectivity index (χ1n) is 5.94. The summed E-state index contributed by atoms with van der Waals surface area (Å²) in [7, 11) is 1.83. The average Bonchev–Trinajstić information content (AvgIpc) is 2.85. The van der Waals surface area contributed by atoms with Gasteiger partial charge in [0, 0.05) is 20.1 Å². The van der Waals surface area contributed by atoms with Gasteiger partial charge in [0.15, 0.2) is 10.2 Å². The summed E-state index contributed by atoms with van der Waals surface area (Å²) in [5.41, 5.74) is 0.963. The molecular formula is C11H16N4O2S2. The average molecular weight is 300 g/mol. The van der Waals surface area contributed by atoms with E-state index in [4.69, 9.17) is 29.3 Å². The van der Waals surface area contributed by atoms with Crippen LogP contribution in [-0.2, 0) is 9.63 Å². The highest BCUT2D eigenvalue weighted by Crippen LogP contribution is 2.19. The lowest BCUT2D eigenvalue weighted by molar-refractivity contribution is -0.119. The Labute approximate surface area is 122 Å². The number of hydroxylamine groups is 2. The van der Waals surface area contributed by atoms with Crippen molar-refractivity contribution in [3.8, 4) is 0 Å². The van der Waals surface area contributed by atoms with Crippen molar-refractivity contribution in [2.24, 2.45) is 0 Å². The monoisotopic (exact) mass is 300 g/mol. The Morgan fingerprint density at radius 2 is 2.32 bits per heavy atom. The van der Waals surface area contributed by atoms with Crippen LogP contribution in [0.5, 0.6) is 0 Å². The van der Waals surface area contributed by atoms with Gasteiger partial charge in [-0.15, -0.1) is 5.06 Å². The van der Waals surface area contributed by atoms with E-state index in [-0.39, 0.29) is 12.3 Å². The van der Waals surface area contributed by atoms with Gasteiger partial charge in [0.1, 0.15) is 5.76 Å². The van der Waals surface area contributed by atoms with E-state index in [1.807, 2.05) is 14.0 Å². The van der Waals surface area contributed by atoms with Crippen LogP contribution in [0.3, 0.4) is 0 Å². The van der Waals surface area contributed by atoms with Crippen LogP contribution in [0, 0.1) is 0 Å². The molecule has 0 radical (unpaired) electrons. The van der Waals surface area contributed by atoms with Crippen LogP contribution >= 0.6 is 24.4 Å². The van der Waals surface area contributed by atoms with Crippen LogP contribution in [0.15, 0.2) is 11.3 Å². The number of rotatable bonds is 2. The molecule has 8 heteroatoms. The fraction of sp³-hybridized carbons (Fsp3) is 0.545. The van der Waals surface area contributed by atoms with Crippen molar-refractivity contribution in [2.75, 3.05) is 26.7 Å². The normalized spacial score (nSPS) is 19.5. The Kier molecular flexibility index (Phi) is 4.33. The molecule has 0 bridgehead atoms. The number of thiocarbonyl (C=S) groups is 2. The molecule has 0 aromatic carbocycles. The van der Waals surface area contributed by atoms with Crippen LogP contribution in [0.25, 0.3) is 0 Å². The molecule has 0 unspecified atom stereocenters. The topological polar surface area (TPSA) is 56.8 Å². The summed E-state index contributed by atoms with van der Waals surface area (Å²) in [5.74, 6) is 0.634. The zero-order valence-electron chi connectivity index (χ0n) is 10.9. The smallest absolute Gasteiger partial charge is 0.230 e. The molecule has 2 rings (SSSR count). The first-order valence-corrected chi connectivity index (χ1v) is 6.76. The molecule has 0 aromatic heterocycles. The minimum Gasteiger partial charge on any atom is -0.411 e. The number of carbonyl (C=O) groups is 1. The predicted octanol–water partition coefficient (Wildman–Crippen LogP) is 0.119. The van der Waals surface area contributed by atoms with Crippen molar-refractivity contribution < 1.29 is 9.63 Å². The summed E-state index contributed by atoms with van der Waals surface area (Å²) in [6, 6.07) is 0. The molecule has 1 saturated heterocycles. The van der Waals surface area contributed by atoms with Crippen molar-refractivity contribution >= 4 is 40.6 Å². The van der Waals surface area contributed by atoms with Crippen LogP contribution < -0.4 is 10.6 Å². The summed E-state index contributed by atoms with van der Waals surface area (Å²) in [6.45, 7) is 3.92. The van der Waals surface area contributed by atoms with Gasteiger partial charge in [-0.2, -0.15) is 0 Å². The maximum Gasteiger partial charge on any atom is 0.230 e. The summed E-state index contributed by atoms with van der Waals surface area (Å²) < 4.78 is 0. The SMILES string of the molecule is CC1=C(CC(=O)NC(=S)N2CCNC2=S)CN(C)O1. The molecule has 104 valence electrons. The standard InChI is InChI=1S/C11H16N4O2S2/c1-7-8(6-14(2)17-7)5-9(16)13-11(19)15-4-3-12-10(15)18/h3-6H2,1-2H3,(H,12,18)(H,13,16,19). The zero-order chi connectivity index (χ0) is 14.0. The first-order chi connectivity index (χ1) is 8.97. The molecule has 2 aliphatic heterocycles. The Morgan fingerprint density at radius 1 is 1.58 bits per heavy atom. The van der Waals surface area contributed by atoms with E-state index in [0.29, 0.717) is 23.3 Å². The van der Waals surface area contributed by atoms with Gasteiger partial charge >= 0.3 is 0 Å². The maximum absolute atomic E-state index is 11.9. The van der Waals surface area contributed by atoms with Gasteiger partial charge in [0.25, 0.3) is 0 Å². The summed E-state index contributed by atoms with van der Waals surface area (Å²) in [5, 5.41) is 8.29. The van der Waals surface area contributed by atoms with Crippen LogP contribution in [-0.4, -0.2) is 52.8 Å². The zero-order valence-corrected chi connectivity index (χ0v) is 12.5. The number of allylic oxidation sites excluding steroid dienone is 1. The second kappa shape index (κ2) is 5.81. The van der Waals surface area contributed by atoms with Crippen molar-refractivity contribution in [3.63, 3.8) is 0 Å². The van der Waals surface area contributed by atoms with E-state index >= 15 is 0 Å². The first kappa shape index (κ1) is 14.2. The highest BCUT2D eigenvalue weighted by molar-refractivity contribution is 7.81. The van der Waals surface area contributed by atoms with Crippen molar-refractivity contribution in [3.05, 3.63) is 11.3 Å². The molecule has 1 amide bonds. The lowest BCUT2D eigenvalue weighted by atomic mass is 10.1. The van der Waals surface area contributed by atoms with E-state index in [1.54, 1.807) is 9.96 Å². The molecule has 2 aliphatic rings. The number of hydrogen-bond acceptors (Lipinski definition) is 5. The third kappa shape index (κ3) is 3.40. The van der Waals surface area contributed by atoms with Gasteiger partial charge in [-0.05, 0) is 36.9 Å². The van der Waals surface area contributed by atoms with E-state index in [0.717, 1.165) is 17.9 Å². The second-order valence-electron chi connectivity index (χ2n) is 4.45. The lowest BCUT2D eigenvalue weighted by Crippen LogP contribution is -2.44. The fourth-order valence-corrected chi connectivity index (χ4v) is 2.62. The van der Waals surface area contributed by atoms with Gasteiger partial charge < -0.3 is 15.5 Å². The molecule has 2 heterocycles. The van der Waals surface area contributed by atoms with Gasteiger partial charge in [0.2, 0.25) is 5.91 Å². The van der Waals surface area contributed by atoms with Gasteiger partial charge in [-0.3, -0.25) is 9.69 Å². The number of nitrogens with one attached hydrogen (secondary N) is 2. The number of carbonyl (C=O) groups excluding carboxylic acids is 1. The number of amides is 1. The van der Waals surface area contributed by atoms with Crippen molar-refractivity contribution in [1.82, 2.24) is 20.6 Å². The molecular weight excluding hydrogens is 284 g/mol. The molecule has 0 saturated carbocycles. The summed E-state index contributed by atoms with van der Waals surface area (Å²) in [4.78, 5) is 19.0.